The summed E-state index contributed by atoms with van der Waals surface area (Å²) in [6, 6.07) is 4.24. The van der Waals surface area contributed by atoms with Crippen molar-refractivity contribution in [3.8, 4) is 0 Å². The lowest BCUT2D eigenvalue weighted by atomic mass is 10.5. The van der Waals surface area contributed by atoms with Gasteiger partial charge in [0.25, 0.3) is 0 Å². The van der Waals surface area contributed by atoms with Crippen molar-refractivity contribution >= 4 is 5.82 Å². The van der Waals surface area contributed by atoms with Gasteiger partial charge in [0.1, 0.15) is 5.82 Å². The molecule has 1 rings (SSSR count). The predicted molar refractivity (Wildman–Crippen MR) is 52.9 cm³/mol. The number of aryl methyl sites for hydroxylation is 2. The van der Waals surface area contributed by atoms with Gasteiger partial charge < -0.3 is 9.88 Å². The fraction of sp³-hybridized carbons (Fsp3) is 0.400. The first kappa shape index (κ1) is 8.91. The van der Waals surface area contributed by atoms with Crippen LogP contribution in [0.25, 0.3) is 5.82 Å². The van der Waals surface area contributed by atoms with Crippen LogP contribution in [0.4, 0.5) is 0 Å². The normalized spacial score (nSPS) is 11.8. The number of nitrogens with one attached hydrogen (secondary N) is 1. The van der Waals surface area contributed by atoms with E-state index in [0.717, 1.165) is 5.82 Å². The predicted octanol–water partition coefficient (Wildman–Crippen LogP) is 2.14. The molecule has 2 heteroatoms. The molecule has 0 saturated carbocycles. The molecule has 1 heterocycles. The van der Waals surface area contributed by atoms with Gasteiger partial charge in [-0.1, -0.05) is 0 Å². The van der Waals surface area contributed by atoms with E-state index in [0.29, 0.717) is 0 Å². The lowest BCUT2D eigenvalue weighted by molar-refractivity contribution is 0.897. The third kappa shape index (κ3) is 1.37. The second kappa shape index (κ2) is 3.48. The first-order chi connectivity index (χ1) is 5.70. The Morgan fingerprint density at radius 2 is 1.83 bits per heavy atom. The summed E-state index contributed by atoms with van der Waals surface area (Å²) in [6.07, 6.45) is 2.07. The van der Waals surface area contributed by atoms with Crippen LogP contribution < -0.4 is 5.32 Å². The van der Waals surface area contributed by atoms with Gasteiger partial charge in [-0.2, -0.15) is 0 Å². The second-order valence-electron chi connectivity index (χ2n) is 2.88. The van der Waals surface area contributed by atoms with Crippen LogP contribution in [-0.4, -0.2) is 11.6 Å². The van der Waals surface area contributed by atoms with Crippen molar-refractivity contribution in [3.05, 3.63) is 29.6 Å². The Labute approximate surface area is 73.9 Å². The molecule has 1 aromatic heterocycles. The van der Waals surface area contributed by atoms with Crippen LogP contribution in [0.2, 0.25) is 0 Å². The van der Waals surface area contributed by atoms with Crippen LogP contribution in [0.5, 0.6) is 0 Å². The third-order valence-corrected chi connectivity index (χ3v) is 2.04. The summed E-state index contributed by atoms with van der Waals surface area (Å²) in [5.41, 5.74) is 2.52. The zero-order chi connectivity index (χ0) is 9.14. The van der Waals surface area contributed by atoms with Crippen LogP contribution >= 0.6 is 0 Å². The van der Waals surface area contributed by atoms with Gasteiger partial charge in [0.05, 0.1) is 0 Å². The smallest absolute Gasteiger partial charge is 0.105 e. The van der Waals surface area contributed by atoms with E-state index < -0.39 is 0 Å². The van der Waals surface area contributed by atoms with E-state index in [2.05, 4.69) is 41.9 Å². The molecule has 1 aromatic rings. The van der Waals surface area contributed by atoms with E-state index in [1.165, 1.54) is 11.4 Å². The van der Waals surface area contributed by atoms with Gasteiger partial charge in [-0.3, -0.25) is 0 Å². The SMILES string of the molecule is C/C=C(\NC)n1c(C)ccc1C. The molecule has 0 radical (unpaired) electrons. The number of allylic oxidation sites excluding steroid dienone is 1. The molecule has 0 unspecified atom stereocenters. The molecule has 1 N–H and O–H groups in total. The molecule has 0 aliphatic heterocycles. The van der Waals surface area contributed by atoms with E-state index in [-0.39, 0.29) is 0 Å². The van der Waals surface area contributed by atoms with Gasteiger partial charge in [0.15, 0.2) is 0 Å². The molecule has 2 nitrogen and oxygen atoms in total. The number of nitrogens with zero attached hydrogens (tertiary/aromatic N) is 1. The summed E-state index contributed by atoms with van der Waals surface area (Å²) < 4.78 is 2.19. The Morgan fingerprint density at radius 3 is 2.17 bits per heavy atom. The first-order valence-corrected chi connectivity index (χ1v) is 4.20. The molecular weight excluding hydrogens is 148 g/mol. The Kier molecular flexibility index (Phi) is 2.58. The van der Waals surface area contributed by atoms with E-state index in [1.807, 2.05) is 14.0 Å². The van der Waals surface area contributed by atoms with Gasteiger partial charge in [-0.25, -0.2) is 0 Å². The Hall–Kier alpha value is -1.18. The molecule has 0 spiro atoms. The highest BCUT2D eigenvalue weighted by molar-refractivity contribution is 5.46. The van der Waals surface area contributed by atoms with E-state index >= 15 is 0 Å². The minimum absolute atomic E-state index is 1.13. The Balaban J connectivity index is 3.16. The number of rotatable bonds is 2. The van der Waals surface area contributed by atoms with Gasteiger partial charge >= 0.3 is 0 Å². The standard InChI is InChI=1S/C10H16N2/c1-5-10(11-4)12-8(2)6-7-9(12)3/h5-7,11H,1-4H3/b10-5+. The van der Waals surface area contributed by atoms with E-state index in [9.17, 15) is 0 Å². The molecule has 12 heavy (non-hydrogen) atoms. The van der Waals surface area contributed by atoms with Gasteiger partial charge in [0.2, 0.25) is 0 Å². The zero-order valence-electron chi connectivity index (χ0n) is 8.18. The van der Waals surface area contributed by atoms with Crippen molar-refractivity contribution in [2.24, 2.45) is 0 Å². The maximum absolute atomic E-state index is 3.16. The highest BCUT2D eigenvalue weighted by Crippen LogP contribution is 2.11. The monoisotopic (exact) mass is 164 g/mol. The van der Waals surface area contributed by atoms with Crippen molar-refractivity contribution in [1.82, 2.24) is 9.88 Å². The van der Waals surface area contributed by atoms with Crippen molar-refractivity contribution in [2.45, 2.75) is 20.8 Å². The molecule has 0 amide bonds. The molecule has 0 aromatic carbocycles. The maximum Gasteiger partial charge on any atom is 0.105 e. The Bertz CT molecular complexity index is 275. The minimum atomic E-state index is 1.13. The van der Waals surface area contributed by atoms with Crippen molar-refractivity contribution in [3.63, 3.8) is 0 Å². The van der Waals surface area contributed by atoms with Crippen molar-refractivity contribution in [2.75, 3.05) is 7.05 Å². The van der Waals surface area contributed by atoms with E-state index in [1.54, 1.807) is 0 Å². The molecule has 0 atom stereocenters. The first-order valence-electron chi connectivity index (χ1n) is 4.20. The minimum Gasteiger partial charge on any atom is -0.375 e. The maximum atomic E-state index is 3.16. The molecule has 0 bridgehead atoms. The summed E-state index contributed by atoms with van der Waals surface area (Å²) in [5.74, 6) is 1.13. The second-order valence-corrected chi connectivity index (χ2v) is 2.88. The fourth-order valence-corrected chi connectivity index (χ4v) is 1.43. The fourth-order valence-electron chi connectivity index (χ4n) is 1.43. The molecule has 0 fully saturated rings. The van der Waals surface area contributed by atoms with Gasteiger partial charge in [-0.05, 0) is 39.0 Å². The van der Waals surface area contributed by atoms with Crippen molar-refractivity contribution in [1.29, 1.82) is 0 Å². The molecular formula is C10H16N2. The topological polar surface area (TPSA) is 17.0 Å². The third-order valence-electron chi connectivity index (χ3n) is 2.04. The van der Waals surface area contributed by atoms with Crippen LogP contribution in [-0.2, 0) is 0 Å². The average Bonchev–Trinajstić information content (AvgIpc) is 2.38. The zero-order valence-corrected chi connectivity index (χ0v) is 8.18. The molecule has 0 saturated heterocycles. The number of hydrogen-bond acceptors (Lipinski definition) is 1. The molecule has 0 aliphatic rings. The van der Waals surface area contributed by atoms with Gasteiger partial charge in [0, 0.05) is 18.4 Å². The number of hydrogen-bond donors (Lipinski definition) is 1. The van der Waals surface area contributed by atoms with Crippen LogP contribution in [0, 0.1) is 13.8 Å². The average molecular weight is 164 g/mol. The lowest BCUT2D eigenvalue weighted by Gasteiger charge is -2.12. The quantitative estimate of drug-likeness (QED) is 0.708. The van der Waals surface area contributed by atoms with Gasteiger partial charge in [-0.15, -0.1) is 0 Å². The summed E-state index contributed by atoms with van der Waals surface area (Å²) in [7, 11) is 1.94. The summed E-state index contributed by atoms with van der Waals surface area (Å²) in [5, 5.41) is 3.16. The van der Waals surface area contributed by atoms with Crippen LogP contribution in [0.1, 0.15) is 18.3 Å². The highest BCUT2D eigenvalue weighted by Gasteiger charge is 2.02. The van der Waals surface area contributed by atoms with Crippen LogP contribution in [0.3, 0.4) is 0 Å². The molecule has 66 valence electrons. The Morgan fingerprint density at radius 1 is 1.33 bits per heavy atom. The summed E-state index contributed by atoms with van der Waals surface area (Å²) in [6.45, 7) is 6.24. The summed E-state index contributed by atoms with van der Waals surface area (Å²) >= 11 is 0. The molecule has 0 aliphatic carbocycles. The lowest BCUT2D eigenvalue weighted by Crippen LogP contribution is -2.13. The van der Waals surface area contributed by atoms with Crippen molar-refractivity contribution < 1.29 is 0 Å². The number of aromatic nitrogens is 1. The van der Waals surface area contributed by atoms with E-state index in [4.69, 9.17) is 0 Å². The summed E-state index contributed by atoms with van der Waals surface area (Å²) in [4.78, 5) is 0. The largest absolute Gasteiger partial charge is 0.375 e. The van der Waals surface area contributed by atoms with Crippen LogP contribution in [0.15, 0.2) is 18.2 Å². The highest BCUT2D eigenvalue weighted by atomic mass is 15.1.